The molecule has 1 amide bonds. The summed E-state index contributed by atoms with van der Waals surface area (Å²) in [6.45, 7) is 3.30. The quantitative estimate of drug-likeness (QED) is 0.529. The van der Waals surface area contributed by atoms with Crippen LogP contribution in [0.4, 0.5) is 0 Å². The van der Waals surface area contributed by atoms with Gasteiger partial charge in [-0.3, -0.25) is 9.69 Å². The van der Waals surface area contributed by atoms with Crippen LogP contribution in [0.2, 0.25) is 0 Å². The number of benzene rings is 2. The smallest absolute Gasteiger partial charge is 0.288 e. The molecule has 33 heavy (non-hydrogen) atoms. The Labute approximate surface area is 196 Å². The van der Waals surface area contributed by atoms with Gasteiger partial charge in [0.2, 0.25) is 12.0 Å². The molecule has 172 valence electrons. The summed E-state index contributed by atoms with van der Waals surface area (Å²) in [5.74, 6) is 2.45. The van der Waals surface area contributed by atoms with Gasteiger partial charge in [-0.2, -0.15) is 0 Å². The first kappa shape index (κ1) is 21.5. The zero-order valence-electron chi connectivity index (χ0n) is 18.2. The number of methoxy groups -OCH3 is 1. The molecule has 3 heterocycles. The van der Waals surface area contributed by atoms with Gasteiger partial charge in [0.15, 0.2) is 11.5 Å². The van der Waals surface area contributed by atoms with Crippen LogP contribution in [0.3, 0.4) is 0 Å². The van der Waals surface area contributed by atoms with E-state index in [-0.39, 0.29) is 12.5 Å². The summed E-state index contributed by atoms with van der Waals surface area (Å²) in [5, 5.41) is 4.52. The van der Waals surface area contributed by atoms with E-state index in [0.29, 0.717) is 55.1 Å². The number of hydrogen-bond donors (Lipinski definition) is 0. The first-order chi connectivity index (χ1) is 16.1. The highest BCUT2D eigenvalue weighted by molar-refractivity contribution is 7.71. The lowest BCUT2D eigenvalue weighted by molar-refractivity contribution is -0.143. The van der Waals surface area contributed by atoms with Crippen LogP contribution in [-0.4, -0.2) is 71.5 Å². The van der Waals surface area contributed by atoms with Crippen LogP contribution in [0, 0.1) is 4.84 Å². The Morgan fingerprint density at radius 2 is 1.82 bits per heavy atom. The summed E-state index contributed by atoms with van der Waals surface area (Å²) in [6, 6.07) is 14.9. The van der Waals surface area contributed by atoms with Crippen molar-refractivity contribution in [2.75, 3.05) is 39.9 Å². The van der Waals surface area contributed by atoms with Crippen molar-refractivity contribution >= 4 is 18.1 Å². The van der Waals surface area contributed by atoms with Gasteiger partial charge in [0.1, 0.15) is 12.4 Å². The Morgan fingerprint density at radius 1 is 1.09 bits per heavy atom. The number of para-hydroxylation sites is 2. The predicted octanol–water partition coefficient (Wildman–Crippen LogP) is 2.82. The molecule has 0 N–H and O–H groups in total. The number of rotatable bonds is 5. The van der Waals surface area contributed by atoms with Gasteiger partial charge in [0.05, 0.1) is 13.8 Å². The van der Waals surface area contributed by atoms with Crippen molar-refractivity contribution < 1.29 is 23.4 Å². The largest absolute Gasteiger partial charge is 0.497 e. The van der Waals surface area contributed by atoms with Crippen LogP contribution in [0.25, 0.3) is 11.5 Å². The van der Waals surface area contributed by atoms with Gasteiger partial charge in [-0.15, -0.1) is 5.10 Å². The number of amides is 1. The van der Waals surface area contributed by atoms with E-state index in [4.69, 9.17) is 30.8 Å². The molecule has 0 bridgehead atoms. The predicted molar refractivity (Wildman–Crippen MR) is 122 cm³/mol. The van der Waals surface area contributed by atoms with Gasteiger partial charge in [-0.1, -0.05) is 12.1 Å². The average Bonchev–Trinajstić information content (AvgIpc) is 3.23. The summed E-state index contributed by atoms with van der Waals surface area (Å²) < 4.78 is 24.1. The van der Waals surface area contributed by atoms with Gasteiger partial charge in [0.25, 0.3) is 10.7 Å². The number of carbonyl (C=O) groups excluding carboxylic acids is 1. The number of aromatic nitrogens is 2. The monoisotopic (exact) mass is 468 g/mol. The molecule has 0 radical (unpaired) electrons. The van der Waals surface area contributed by atoms with Crippen molar-refractivity contribution in [1.29, 1.82) is 0 Å². The van der Waals surface area contributed by atoms with E-state index in [1.165, 1.54) is 0 Å². The Balaban J connectivity index is 1.17. The van der Waals surface area contributed by atoms with E-state index in [1.807, 2.05) is 53.4 Å². The maximum atomic E-state index is 12.9. The van der Waals surface area contributed by atoms with Crippen LogP contribution in [-0.2, 0) is 11.5 Å². The zero-order chi connectivity index (χ0) is 22.8. The molecular weight excluding hydrogens is 444 g/mol. The standard InChI is InChI=1S/C23H24N4O5S/c1-29-17-8-6-16(7-9-17)21-24-27(23(33)32-21)15-25-10-12-26(13-11-25)22(28)20-14-30-18-4-2-3-5-19(18)31-20/h2-9,20H,10-15H2,1H3/t20-/m1/s1. The highest BCUT2D eigenvalue weighted by atomic mass is 32.1. The molecule has 5 rings (SSSR count). The summed E-state index contributed by atoms with van der Waals surface area (Å²) in [6.07, 6.45) is -0.623. The molecule has 9 nitrogen and oxygen atoms in total. The molecule has 0 unspecified atom stereocenters. The number of hydrogen-bond acceptors (Lipinski definition) is 8. The molecule has 2 aromatic carbocycles. The SMILES string of the molecule is COc1ccc(-c2nn(CN3CCN(C(=O)[C@H]4COc5ccccc5O4)CC3)c(=S)o2)cc1. The summed E-state index contributed by atoms with van der Waals surface area (Å²) in [5.41, 5.74) is 0.826. The Bertz CT molecular complexity index is 1180. The molecule has 0 spiro atoms. The normalized spacial score (nSPS) is 18.2. The maximum absolute atomic E-state index is 12.9. The molecular formula is C23H24N4O5S. The van der Waals surface area contributed by atoms with E-state index in [1.54, 1.807) is 11.8 Å². The molecule has 10 heteroatoms. The van der Waals surface area contributed by atoms with Crippen LogP contribution in [0.15, 0.2) is 52.9 Å². The van der Waals surface area contributed by atoms with Gasteiger partial charge in [-0.05, 0) is 48.6 Å². The zero-order valence-corrected chi connectivity index (χ0v) is 19.0. The minimum Gasteiger partial charge on any atom is -0.497 e. The number of fused-ring (bicyclic) bond motifs is 1. The molecule has 2 aliphatic heterocycles. The fourth-order valence-electron chi connectivity index (χ4n) is 3.89. The maximum Gasteiger partial charge on any atom is 0.288 e. The van der Waals surface area contributed by atoms with Crippen molar-refractivity contribution in [2.45, 2.75) is 12.8 Å². The lowest BCUT2D eigenvalue weighted by Gasteiger charge is -2.36. The van der Waals surface area contributed by atoms with Crippen LogP contribution in [0.5, 0.6) is 17.2 Å². The van der Waals surface area contributed by atoms with Gasteiger partial charge in [0, 0.05) is 31.7 Å². The average molecular weight is 469 g/mol. The van der Waals surface area contributed by atoms with Crippen LogP contribution in [0.1, 0.15) is 0 Å². The second kappa shape index (κ2) is 9.24. The minimum atomic E-state index is -0.623. The van der Waals surface area contributed by atoms with Crippen molar-refractivity contribution in [3.63, 3.8) is 0 Å². The first-order valence-corrected chi connectivity index (χ1v) is 11.1. The molecule has 0 saturated carbocycles. The Kier molecular flexibility index (Phi) is 6.01. The van der Waals surface area contributed by atoms with E-state index in [9.17, 15) is 4.79 Å². The summed E-state index contributed by atoms with van der Waals surface area (Å²) in [4.78, 5) is 17.3. The summed E-state index contributed by atoms with van der Waals surface area (Å²) >= 11 is 5.36. The lowest BCUT2D eigenvalue weighted by Crippen LogP contribution is -2.54. The highest BCUT2D eigenvalue weighted by Crippen LogP contribution is 2.31. The first-order valence-electron chi connectivity index (χ1n) is 10.7. The van der Waals surface area contributed by atoms with Gasteiger partial charge in [-0.25, -0.2) is 4.68 Å². The second-order valence-electron chi connectivity index (χ2n) is 7.85. The molecule has 0 aliphatic carbocycles. The van der Waals surface area contributed by atoms with E-state index < -0.39 is 6.10 Å². The van der Waals surface area contributed by atoms with E-state index in [2.05, 4.69) is 10.00 Å². The molecule has 1 saturated heterocycles. The number of nitrogens with zero attached hydrogens (tertiary/aromatic N) is 4. The van der Waals surface area contributed by atoms with Crippen molar-refractivity contribution in [2.24, 2.45) is 0 Å². The fourth-order valence-corrected chi connectivity index (χ4v) is 4.07. The van der Waals surface area contributed by atoms with Gasteiger partial charge >= 0.3 is 0 Å². The van der Waals surface area contributed by atoms with Crippen molar-refractivity contribution in [3.8, 4) is 28.7 Å². The van der Waals surface area contributed by atoms with E-state index in [0.717, 1.165) is 11.3 Å². The number of ether oxygens (including phenoxy) is 3. The second-order valence-corrected chi connectivity index (χ2v) is 8.20. The third-order valence-electron chi connectivity index (χ3n) is 5.75. The third-order valence-corrected chi connectivity index (χ3v) is 6.04. The van der Waals surface area contributed by atoms with Crippen molar-refractivity contribution in [3.05, 3.63) is 53.4 Å². The topological polar surface area (TPSA) is 82.2 Å². The number of carbonyl (C=O) groups is 1. The Hall–Kier alpha value is -3.37. The van der Waals surface area contributed by atoms with Crippen LogP contribution >= 0.6 is 12.2 Å². The lowest BCUT2D eigenvalue weighted by atomic mass is 10.2. The Morgan fingerprint density at radius 3 is 2.55 bits per heavy atom. The van der Waals surface area contributed by atoms with Crippen molar-refractivity contribution in [1.82, 2.24) is 19.6 Å². The minimum absolute atomic E-state index is 0.0519. The highest BCUT2D eigenvalue weighted by Gasteiger charge is 2.32. The third kappa shape index (κ3) is 4.57. The number of piperazine rings is 1. The molecule has 2 aliphatic rings. The van der Waals surface area contributed by atoms with Gasteiger partial charge < -0.3 is 23.5 Å². The molecule has 1 fully saturated rings. The molecule has 3 aromatic rings. The fraction of sp³-hybridized carbons (Fsp3) is 0.348. The van der Waals surface area contributed by atoms with E-state index >= 15 is 0 Å². The summed E-state index contributed by atoms with van der Waals surface area (Å²) in [7, 11) is 1.62. The molecule has 1 atom stereocenters. The van der Waals surface area contributed by atoms with Crippen LogP contribution < -0.4 is 14.2 Å². The molecule has 1 aromatic heterocycles.